The first-order chi connectivity index (χ1) is 12.6. The zero-order valence-electron chi connectivity index (χ0n) is 14.3. The molecule has 3 aromatic rings. The molecule has 0 atom stereocenters. The highest BCUT2D eigenvalue weighted by molar-refractivity contribution is 7.09. The smallest absolute Gasteiger partial charge is 0.312 e. The summed E-state index contributed by atoms with van der Waals surface area (Å²) in [5.41, 5.74) is 6.01. The highest BCUT2D eigenvalue weighted by atomic mass is 32.1. The average molecular weight is 363 g/mol. The van der Waals surface area contributed by atoms with Crippen LogP contribution < -0.4 is 0 Å². The minimum Gasteiger partial charge on any atom is -0.457 e. The van der Waals surface area contributed by atoms with Crippen LogP contribution in [-0.2, 0) is 22.4 Å². The average Bonchev–Trinajstić information content (AvgIpc) is 3.22. The van der Waals surface area contributed by atoms with Crippen LogP contribution in [0.2, 0.25) is 0 Å². The second-order valence-corrected chi connectivity index (χ2v) is 7.39. The van der Waals surface area contributed by atoms with Crippen molar-refractivity contribution in [3.8, 4) is 11.1 Å². The summed E-state index contributed by atoms with van der Waals surface area (Å²) < 4.78 is 5.14. The zero-order chi connectivity index (χ0) is 18.1. The molecule has 1 heterocycles. The summed E-state index contributed by atoms with van der Waals surface area (Å²) in [6.07, 6.45) is 0.983. The van der Waals surface area contributed by atoms with E-state index in [1.54, 1.807) is 0 Å². The van der Waals surface area contributed by atoms with Crippen LogP contribution in [0.4, 0.5) is 0 Å². The fourth-order valence-corrected chi connectivity index (χ4v) is 3.83. The van der Waals surface area contributed by atoms with Crippen LogP contribution in [0.15, 0.2) is 47.8 Å². The van der Waals surface area contributed by atoms with Gasteiger partial charge >= 0.3 is 5.97 Å². The molecule has 0 N–H and O–H groups in total. The summed E-state index contributed by atoms with van der Waals surface area (Å²) in [5.74, 6) is -0.629. The minimum atomic E-state index is -0.435. The molecule has 0 bridgehead atoms. The lowest BCUT2D eigenvalue weighted by Gasteiger charge is -2.06. The third-order valence-electron chi connectivity index (χ3n) is 4.48. The van der Waals surface area contributed by atoms with Crippen molar-refractivity contribution in [3.05, 3.63) is 75.2 Å². The maximum atomic E-state index is 12.4. The Morgan fingerprint density at radius 3 is 2.73 bits per heavy atom. The summed E-state index contributed by atoms with van der Waals surface area (Å²) in [5, 5.41) is 2.73. The standard InChI is InChI=1S/C21H17NO3S/c1-13-22-17(12-26-13)10-21(24)25-11-20(23)16-7-6-15-8-14-4-2-3-5-18(14)19(15)9-16/h2-7,9,12H,8,10-11H2,1H3. The lowest BCUT2D eigenvalue weighted by Crippen LogP contribution is -2.16. The van der Waals surface area contributed by atoms with Crippen molar-refractivity contribution in [2.45, 2.75) is 19.8 Å². The molecule has 0 radical (unpaired) electrons. The molecule has 0 saturated heterocycles. The number of fused-ring (bicyclic) bond motifs is 3. The largest absolute Gasteiger partial charge is 0.457 e. The van der Waals surface area contributed by atoms with Gasteiger partial charge in [-0.3, -0.25) is 9.59 Å². The third-order valence-corrected chi connectivity index (χ3v) is 5.30. The number of hydrogen-bond acceptors (Lipinski definition) is 5. The molecule has 0 amide bonds. The van der Waals surface area contributed by atoms with E-state index < -0.39 is 5.97 Å². The van der Waals surface area contributed by atoms with Crippen molar-refractivity contribution in [1.82, 2.24) is 4.98 Å². The van der Waals surface area contributed by atoms with Gasteiger partial charge in [-0.1, -0.05) is 36.4 Å². The van der Waals surface area contributed by atoms with E-state index in [2.05, 4.69) is 17.1 Å². The van der Waals surface area contributed by atoms with Gasteiger partial charge < -0.3 is 4.74 Å². The van der Waals surface area contributed by atoms with Crippen molar-refractivity contribution in [3.63, 3.8) is 0 Å². The molecule has 0 saturated carbocycles. The Morgan fingerprint density at radius 1 is 1.12 bits per heavy atom. The Kier molecular flexibility index (Phi) is 4.39. The number of rotatable bonds is 5. The molecular formula is C21H17NO3S. The molecule has 1 aliphatic carbocycles. The number of thiazole rings is 1. The molecule has 4 rings (SSSR count). The van der Waals surface area contributed by atoms with Crippen LogP contribution in [-0.4, -0.2) is 23.3 Å². The summed E-state index contributed by atoms with van der Waals surface area (Å²) in [6.45, 7) is 1.64. The summed E-state index contributed by atoms with van der Waals surface area (Å²) >= 11 is 1.49. The fraction of sp³-hybridized carbons (Fsp3) is 0.190. The van der Waals surface area contributed by atoms with Crippen LogP contribution in [0, 0.1) is 6.92 Å². The predicted octanol–water partition coefficient (Wildman–Crippen LogP) is 3.99. The van der Waals surface area contributed by atoms with Crippen LogP contribution in [0.3, 0.4) is 0 Å². The van der Waals surface area contributed by atoms with Crippen molar-refractivity contribution >= 4 is 23.1 Å². The van der Waals surface area contributed by atoms with E-state index in [9.17, 15) is 9.59 Å². The Hall–Kier alpha value is -2.79. The van der Waals surface area contributed by atoms with Crippen LogP contribution in [0.25, 0.3) is 11.1 Å². The van der Waals surface area contributed by atoms with Crippen molar-refractivity contribution in [2.24, 2.45) is 0 Å². The molecule has 0 aliphatic heterocycles. The van der Waals surface area contributed by atoms with Crippen molar-refractivity contribution in [1.29, 1.82) is 0 Å². The van der Waals surface area contributed by atoms with Gasteiger partial charge in [0.2, 0.25) is 0 Å². The lowest BCUT2D eigenvalue weighted by atomic mass is 10.0. The first-order valence-electron chi connectivity index (χ1n) is 8.41. The van der Waals surface area contributed by atoms with Gasteiger partial charge in [-0.15, -0.1) is 11.3 Å². The van der Waals surface area contributed by atoms with Gasteiger partial charge in [0.25, 0.3) is 0 Å². The number of benzene rings is 2. The number of Topliss-reactive ketones (excluding diaryl/α,β-unsaturated/α-hetero) is 1. The number of carbonyl (C=O) groups excluding carboxylic acids is 2. The zero-order valence-corrected chi connectivity index (χ0v) is 15.1. The lowest BCUT2D eigenvalue weighted by molar-refractivity contribution is -0.141. The topological polar surface area (TPSA) is 56.3 Å². The normalized spacial score (nSPS) is 11.7. The molecule has 0 unspecified atom stereocenters. The number of ketones is 1. The molecule has 1 aliphatic rings. The summed E-state index contributed by atoms with van der Waals surface area (Å²) in [6, 6.07) is 13.9. The first-order valence-corrected chi connectivity index (χ1v) is 9.29. The van der Waals surface area contributed by atoms with Gasteiger partial charge in [0.15, 0.2) is 12.4 Å². The van der Waals surface area contributed by atoms with E-state index >= 15 is 0 Å². The van der Waals surface area contributed by atoms with Gasteiger partial charge in [-0.05, 0) is 41.7 Å². The van der Waals surface area contributed by atoms with E-state index in [1.807, 2.05) is 42.6 Å². The van der Waals surface area contributed by atoms with Gasteiger partial charge in [0, 0.05) is 10.9 Å². The number of nitrogens with zero attached hydrogens (tertiary/aromatic N) is 1. The second kappa shape index (κ2) is 6.84. The summed E-state index contributed by atoms with van der Waals surface area (Å²) in [7, 11) is 0. The fourth-order valence-electron chi connectivity index (χ4n) is 3.21. The van der Waals surface area contributed by atoms with Crippen LogP contribution >= 0.6 is 11.3 Å². The number of esters is 1. The molecular weight excluding hydrogens is 346 g/mol. The molecule has 5 heteroatoms. The summed E-state index contributed by atoms with van der Waals surface area (Å²) in [4.78, 5) is 28.6. The Balaban J connectivity index is 1.42. The molecule has 2 aromatic carbocycles. The number of carbonyl (C=O) groups is 2. The van der Waals surface area contributed by atoms with Gasteiger partial charge in [0.05, 0.1) is 17.1 Å². The maximum Gasteiger partial charge on any atom is 0.312 e. The highest BCUT2D eigenvalue weighted by Gasteiger charge is 2.20. The first kappa shape index (κ1) is 16.7. The molecule has 26 heavy (non-hydrogen) atoms. The minimum absolute atomic E-state index is 0.0924. The predicted molar refractivity (Wildman–Crippen MR) is 101 cm³/mol. The van der Waals surface area contributed by atoms with E-state index in [1.165, 1.54) is 28.0 Å². The molecule has 1 aromatic heterocycles. The third kappa shape index (κ3) is 3.30. The SMILES string of the molecule is Cc1nc(CC(=O)OCC(=O)c2ccc3c(c2)-c2ccccc2C3)cs1. The molecule has 4 nitrogen and oxygen atoms in total. The molecule has 130 valence electrons. The quantitative estimate of drug-likeness (QED) is 0.397. The van der Waals surface area contributed by atoms with E-state index in [0.717, 1.165) is 17.0 Å². The van der Waals surface area contributed by atoms with Gasteiger partial charge in [0.1, 0.15) is 0 Å². The maximum absolute atomic E-state index is 12.4. The van der Waals surface area contributed by atoms with Crippen LogP contribution in [0.5, 0.6) is 0 Å². The number of hydrogen-bond donors (Lipinski definition) is 0. The van der Waals surface area contributed by atoms with Crippen LogP contribution in [0.1, 0.15) is 32.2 Å². The highest BCUT2D eigenvalue weighted by Crippen LogP contribution is 2.36. The number of aryl methyl sites for hydroxylation is 1. The Morgan fingerprint density at radius 2 is 1.92 bits per heavy atom. The second-order valence-electron chi connectivity index (χ2n) is 6.32. The molecule has 0 spiro atoms. The van der Waals surface area contributed by atoms with Crippen molar-refractivity contribution in [2.75, 3.05) is 6.61 Å². The molecule has 0 fully saturated rings. The van der Waals surface area contributed by atoms with Gasteiger partial charge in [-0.2, -0.15) is 0 Å². The number of ether oxygens (including phenoxy) is 1. The Bertz CT molecular complexity index is 1010. The monoisotopic (exact) mass is 363 g/mol. The Labute approximate surface area is 155 Å². The van der Waals surface area contributed by atoms with Gasteiger partial charge in [-0.25, -0.2) is 4.98 Å². The van der Waals surface area contributed by atoms with Crippen molar-refractivity contribution < 1.29 is 14.3 Å². The van der Waals surface area contributed by atoms with E-state index in [4.69, 9.17) is 4.74 Å². The number of aromatic nitrogens is 1. The van der Waals surface area contributed by atoms with E-state index in [0.29, 0.717) is 11.3 Å². The van der Waals surface area contributed by atoms with E-state index in [-0.39, 0.29) is 18.8 Å².